The van der Waals surface area contributed by atoms with Crippen molar-refractivity contribution in [1.82, 2.24) is 4.57 Å². The van der Waals surface area contributed by atoms with E-state index in [1.54, 1.807) is 48.7 Å². The minimum atomic E-state index is -0.592. The van der Waals surface area contributed by atoms with E-state index >= 15 is 0 Å². The highest BCUT2D eigenvalue weighted by molar-refractivity contribution is 6.31. The van der Waals surface area contributed by atoms with Crippen molar-refractivity contribution in [3.63, 3.8) is 0 Å². The molecule has 8 heteroatoms. The second kappa shape index (κ2) is 8.52. The van der Waals surface area contributed by atoms with Crippen molar-refractivity contribution in [2.45, 2.75) is 12.6 Å². The van der Waals surface area contributed by atoms with Gasteiger partial charge in [0.25, 0.3) is 5.91 Å². The highest BCUT2D eigenvalue weighted by Crippen LogP contribution is 2.32. The molecular formula is C25H20ClN3O4. The maximum absolute atomic E-state index is 13.4. The molecule has 0 saturated carbocycles. The average molecular weight is 462 g/mol. The van der Waals surface area contributed by atoms with Crippen LogP contribution >= 0.6 is 11.6 Å². The number of hydrogen-bond donors (Lipinski definition) is 2. The van der Waals surface area contributed by atoms with Crippen LogP contribution in [0.5, 0.6) is 5.75 Å². The molecule has 1 amide bonds. The van der Waals surface area contributed by atoms with E-state index in [1.165, 1.54) is 7.11 Å². The number of nitrogens with zero attached hydrogens (tertiary/aromatic N) is 1. The third-order valence-corrected chi connectivity index (χ3v) is 5.86. The largest absolute Gasteiger partial charge is 0.496 e. The lowest BCUT2D eigenvalue weighted by Crippen LogP contribution is -2.22. The first-order valence-electron chi connectivity index (χ1n) is 10.3. The monoisotopic (exact) mass is 461 g/mol. The normalized spacial score (nSPS) is 14.4. The molecule has 0 saturated heterocycles. The number of ether oxygens (including phenoxy) is 1. The Labute approximate surface area is 194 Å². The molecule has 166 valence electrons. The molecule has 2 N–H and O–H groups in total. The van der Waals surface area contributed by atoms with Gasteiger partial charge in [0.05, 0.1) is 25.5 Å². The predicted octanol–water partition coefficient (Wildman–Crippen LogP) is 5.39. The van der Waals surface area contributed by atoms with E-state index in [1.807, 2.05) is 29.0 Å². The maximum Gasteiger partial charge on any atom is 0.259 e. The zero-order valence-electron chi connectivity index (χ0n) is 17.7. The van der Waals surface area contributed by atoms with Crippen LogP contribution in [0.2, 0.25) is 5.02 Å². The summed E-state index contributed by atoms with van der Waals surface area (Å²) in [5.41, 5.74) is 3.27. The number of carbonyl (C=O) groups is 2. The van der Waals surface area contributed by atoms with E-state index in [4.69, 9.17) is 20.8 Å². The van der Waals surface area contributed by atoms with Crippen molar-refractivity contribution < 1.29 is 18.7 Å². The lowest BCUT2D eigenvalue weighted by atomic mass is 10.0. The molecule has 0 radical (unpaired) electrons. The van der Waals surface area contributed by atoms with Gasteiger partial charge in [0.15, 0.2) is 11.7 Å². The van der Waals surface area contributed by atoms with Crippen molar-refractivity contribution in [1.29, 1.82) is 0 Å². The van der Waals surface area contributed by atoms with Crippen molar-refractivity contribution in [2.75, 3.05) is 17.7 Å². The van der Waals surface area contributed by atoms with E-state index in [9.17, 15) is 9.59 Å². The van der Waals surface area contributed by atoms with Gasteiger partial charge in [-0.15, -0.1) is 0 Å². The van der Waals surface area contributed by atoms with Crippen molar-refractivity contribution in [3.05, 3.63) is 101 Å². The lowest BCUT2D eigenvalue weighted by molar-refractivity contribution is 0.0965. The second-order valence-electron chi connectivity index (χ2n) is 7.65. The Bertz CT molecular complexity index is 1340. The molecule has 1 unspecified atom stereocenters. The number of nitrogens with one attached hydrogen (secondary N) is 2. The number of hydrogen-bond acceptors (Lipinski definition) is 5. The number of halogens is 1. The molecule has 2 aromatic carbocycles. The highest BCUT2D eigenvalue weighted by Gasteiger charge is 2.29. The Morgan fingerprint density at radius 1 is 1.15 bits per heavy atom. The topological polar surface area (TPSA) is 85.5 Å². The van der Waals surface area contributed by atoms with Gasteiger partial charge in [-0.3, -0.25) is 9.59 Å². The fraction of sp³-hybridized carbons (Fsp3) is 0.120. The molecule has 0 fully saturated rings. The fourth-order valence-electron chi connectivity index (χ4n) is 3.94. The summed E-state index contributed by atoms with van der Waals surface area (Å²) in [6, 6.07) is 16.7. The molecule has 0 aliphatic carbocycles. The standard InChI is InChI=1S/C25H20ClN3O4/c1-32-21-13-17(26)6-9-19(21)24(31)27-18-7-4-15(5-8-18)23(30)22-20-3-2-11-29(20)14-16-10-12-33-25(16)28-22/h2-13,22,28H,14H2,1H3,(H,27,31). The first-order valence-corrected chi connectivity index (χ1v) is 10.7. The van der Waals surface area contributed by atoms with Crippen LogP contribution < -0.4 is 15.4 Å². The zero-order chi connectivity index (χ0) is 22.9. The van der Waals surface area contributed by atoms with E-state index < -0.39 is 6.04 Å². The summed E-state index contributed by atoms with van der Waals surface area (Å²) in [7, 11) is 1.48. The Balaban J connectivity index is 1.36. The number of carbonyl (C=O) groups excluding carboxylic acids is 2. The number of benzene rings is 2. The van der Waals surface area contributed by atoms with Gasteiger partial charge in [-0.2, -0.15) is 0 Å². The van der Waals surface area contributed by atoms with Crippen LogP contribution in [-0.4, -0.2) is 23.4 Å². The van der Waals surface area contributed by atoms with Gasteiger partial charge in [0.2, 0.25) is 0 Å². The Morgan fingerprint density at radius 2 is 1.97 bits per heavy atom. The molecule has 3 heterocycles. The summed E-state index contributed by atoms with van der Waals surface area (Å²) >= 11 is 5.97. The molecule has 0 spiro atoms. The molecule has 1 atom stereocenters. The van der Waals surface area contributed by atoms with Crippen LogP contribution in [0.1, 0.15) is 38.0 Å². The van der Waals surface area contributed by atoms with Gasteiger partial charge in [-0.05, 0) is 60.7 Å². The summed E-state index contributed by atoms with van der Waals surface area (Å²) in [6.07, 6.45) is 3.56. The van der Waals surface area contributed by atoms with Crippen molar-refractivity contribution in [2.24, 2.45) is 0 Å². The van der Waals surface area contributed by atoms with E-state index in [-0.39, 0.29) is 11.7 Å². The molecule has 7 nitrogen and oxygen atoms in total. The van der Waals surface area contributed by atoms with E-state index in [0.717, 1.165) is 11.3 Å². The number of methoxy groups -OCH3 is 1. The molecule has 2 aromatic heterocycles. The molecule has 5 rings (SSSR count). The smallest absolute Gasteiger partial charge is 0.259 e. The number of ketones is 1. The quantitative estimate of drug-likeness (QED) is 0.389. The van der Waals surface area contributed by atoms with Crippen molar-refractivity contribution in [3.8, 4) is 5.75 Å². The van der Waals surface area contributed by atoms with Gasteiger partial charge in [0.1, 0.15) is 11.8 Å². The maximum atomic E-state index is 13.4. The van der Waals surface area contributed by atoms with E-state index in [2.05, 4.69) is 10.6 Å². The summed E-state index contributed by atoms with van der Waals surface area (Å²) in [5.74, 6) is 0.539. The van der Waals surface area contributed by atoms with Crippen molar-refractivity contribution >= 4 is 34.9 Å². The minimum absolute atomic E-state index is 0.101. The lowest BCUT2D eigenvalue weighted by Gasteiger charge is -2.17. The zero-order valence-corrected chi connectivity index (χ0v) is 18.4. The summed E-state index contributed by atoms with van der Waals surface area (Å²) in [4.78, 5) is 26.1. The van der Waals surface area contributed by atoms with Crippen LogP contribution in [0.15, 0.2) is 77.5 Å². The van der Waals surface area contributed by atoms with Crippen LogP contribution in [0, 0.1) is 0 Å². The third-order valence-electron chi connectivity index (χ3n) is 5.62. The third kappa shape index (κ3) is 3.99. The number of furan rings is 1. The van der Waals surface area contributed by atoms with Crippen LogP contribution in [0.4, 0.5) is 11.6 Å². The molecule has 1 aliphatic rings. The highest BCUT2D eigenvalue weighted by atomic mass is 35.5. The molecule has 0 bridgehead atoms. The first-order chi connectivity index (χ1) is 16.0. The molecule has 33 heavy (non-hydrogen) atoms. The first kappa shape index (κ1) is 20.9. The van der Waals surface area contributed by atoms with Gasteiger partial charge in [0, 0.05) is 33.7 Å². The van der Waals surface area contributed by atoms with Gasteiger partial charge >= 0.3 is 0 Å². The summed E-state index contributed by atoms with van der Waals surface area (Å²) in [5, 5.41) is 6.53. The molecule has 1 aliphatic heterocycles. The van der Waals surface area contributed by atoms with Crippen LogP contribution in [-0.2, 0) is 6.54 Å². The van der Waals surface area contributed by atoms with Crippen LogP contribution in [0.25, 0.3) is 0 Å². The minimum Gasteiger partial charge on any atom is -0.496 e. The Hall–Kier alpha value is -3.97. The van der Waals surface area contributed by atoms with Gasteiger partial charge in [-0.1, -0.05) is 11.6 Å². The summed E-state index contributed by atoms with van der Waals surface area (Å²) in [6.45, 7) is 0.629. The number of anilines is 2. The molecular weight excluding hydrogens is 442 g/mol. The Morgan fingerprint density at radius 3 is 2.76 bits per heavy atom. The predicted molar refractivity (Wildman–Crippen MR) is 125 cm³/mol. The number of rotatable bonds is 5. The van der Waals surface area contributed by atoms with Gasteiger partial charge < -0.3 is 24.4 Å². The van der Waals surface area contributed by atoms with Gasteiger partial charge in [-0.25, -0.2) is 0 Å². The number of amides is 1. The number of aromatic nitrogens is 1. The SMILES string of the molecule is COc1cc(Cl)ccc1C(=O)Nc1ccc(C(=O)C2Nc3occc3Cn3cccc32)cc1. The number of fused-ring (bicyclic) bond motifs is 2. The number of Topliss-reactive ketones (excluding diaryl/α,β-unsaturated/α-hetero) is 1. The summed E-state index contributed by atoms with van der Waals surface area (Å²) < 4.78 is 12.8. The molecule has 4 aromatic rings. The van der Waals surface area contributed by atoms with E-state index in [0.29, 0.717) is 40.0 Å². The average Bonchev–Trinajstić information content (AvgIpc) is 3.44. The fourth-order valence-corrected chi connectivity index (χ4v) is 4.11. The van der Waals surface area contributed by atoms with Crippen LogP contribution in [0.3, 0.4) is 0 Å². The Kier molecular flexibility index (Phi) is 5.40. The second-order valence-corrected chi connectivity index (χ2v) is 8.09.